The molecule has 6 nitrogen and oxygen atoms in total. The number of nitrogens with zero attached hydrogens (tertiary/aromatic N) is 3. The van der Waals surface area contributed by atoms with Gasteiger partial charge in [0.05, 0.1) is 23.9 Å². The van der Waals surface area contributed by atoms with Crippen molar-refractivity contribution in [2.75, 3.05) is 27.2 Å². The molecule has 0 bridgehead atoms. The van der Waals surface area contributed by atoms with Crippen LogP contribution in [0.1, 0.15) is 18.1 Å². The van der Waals surface area contributed by atoms with E-state index in [9.17, 15) is 13.2 Å². The van der Waals surface area contributed by atoms with Crippen LogP contribution in [0.4, 0.5) is 0 Å². The van der Waals surface area contributed by atoms with Crippen molar-refractivity contribution in [3.05, 3.63) is 35.4 Å². The summed E-state index contributed by atoms with van der Waals surface area (Å²) >= 11 is 0. The van der Waals surface area contributed by atoms with E-state index in [0.717, 1.165) is 4.31 Å². The summed E-state index contributed by atoms with van der Waals surface area (Å²) in [4.78, 5) is 13.1. The fraction of sp³-hybridized carbons (Fsp3) is 0.429. The van der Waals surface area contributed by atoms with Gasteiger partial charge in [0.15, 0.2) is 0 Å². The highest BCUT2D eigenvalue weighted by atomic mass is 32.2. The Balaban J connectivity index is 2.98. The minimum atomic E-state index is -3.65. The van der Waals surface area contributed by atoms with Crippen LogP contribution in [-0.4, -0.2) is 50.7 Å². The molecule has 1 rings (SSSR count). The molecule has 0 atom stereocenters. The molecule has 0 unspecified atom stereocenters. The van der Waals surface area contributed by atoms with Crippen molar-refractivity contribution in [3.8, 4) is 6.07 Å². The Morgan fingerprint density at radius 3 is 2.43 bits per heavy atom. The summed E-state index contributed by atoms with van der Waals surface area (Å²) in [5.41, 5.74) is 0.770. The van der Waals surface area contributed by atoms with Crippen LogP contribution in [0.3, 0.4) is 0 Å². The molecule has 0 spiro atoms. The molecule has 0 fully saturated rings. The maximum Gasteiger partial charge on any atom is 0.237 e. The fourth-order valence-electron chi connectivity index (χ4n) is 1.74. The molecular formula is C14H19N3O3S. The first kappa shape index (κ1) is 17.1. The molecule has 0 radical (unpaired) electrons. The second-order valence-corrected chi connectivity index (χ2v) is 6.71. The van der Waals surface area contributed by atoms with Crippen LogP contribution in [0.25, 0.3) is 0 Å². The molecule has 1 aromatic rings. The molecule has 0 N–H and O–H groups in total. The van der Waals surface area contributed by atoms with Gasteiger partial charge in [0.1, 0.15) is 0 Å². The first-order valence-electron chi connectivity index (χ1n) is 6.47. The SMILES string of the molecule is CCN(CC(=O)N(C)C)S(=O)(=O)Cc1ccccc1C#N. The van der Waals surface area contributed by atoms with E-state index in [-0.39, 0.29) is 24.7 Å². The molecule has 1 aromatic carbocycles. The van der Waals surface area contributed by atoms with Crippen molar-refractivity contribution in [2.24, 2.45) is 0 Å². The summed E-state index contributed by atoms with van der Waals surface area (Å²) in [6.07, 6.45) is 0. The summed E-state index contributed by atoms with van der Waals surface area (Å²) in [5, 5.41) is 9.01. The van der Waals surface area contributed by atoms with E-state index in [4.69, 9.17) is 5.26 Å². The number of carbonyl (C=O) groups excluding carboxylic acids is 1. The summed E-state index contributed by atoms with van der Waals surface area (Å²) in [6, 6.07) is 8.53. The molecule has 0 aliphatic rings. The van der Waals surface area contributed by atoms with Gasteiger partial charge >= 0.3 is 0 Å². The lowest BCUT2D eigenvalue weighted by atomic mass is 10.1. The minimum Gasteiger partial charge on any atom is -0.348 e. The Morgan fingerprint density at radius 2 is 1.90 bits per heavy atom. The second kappa shape index (κ2) is 7.20. The lowest BCUT2D eigenvalue weighted by molar-refractivity contribution is -0.128. The topological polar surface area (TPSA) is 81.5 Å². The third-order valence-corrected chi connectivity index (χ3v) is 4.88. The van der Waals surface area contributed by atoms with Gasteiger partial charge in [-0.05, 0) is 11.6 Å². The Labute approximate surface area is 125 Å². The number of hydrogen-bond acceptors (Lipinski definition) is 4. The number of amides is 1. The maximum absolute atomic E-state index is 12.4. The molecule has 1 amide bonds. The van der Waals surface area contributed by atoms with Gasteiger partial charge in [-0.1, -0.05) is 25.1 Å². The van der Waals surface area contributed by atoms with Crippen molar-refractivity contribution in [1.82, 2.24) is 9.21 Å². The predicted octanol–water partition coefficient (Wildman–Crippen LogP) is 0.798. The van der Waals surface area contributed by atoms with E-state index < -0.39 is 10.0 Å². The highest BCUT2D eigenvalue weighted by molar-refractivity contribution is 7.88. The van der Waals surface area contributed by atoms with E-state index in [1.165, 1.54) is 4.90 Å². The molecule has 0 saturated heterocycles. The third-order valence-electron chi connectivity index (χ3n) is 3.03. The van der Waals surface area contributed by atoms with Crippen LogP contribution in [0, 0.1) is 11.3 Å². The number of likely N-dealkylation sites (N-methyl/N-ethyl adjacent to an activating group) is 2. The predicted molar refractivity (Wildman–Crippen MR) is 79.7 cm³/mol. The van der Waals surface area contributed by atoms with Crippen LogP contribution in [-0.2, 0) is 20.6 Å². The third kappa shape index (κ3) is 4.55. The summed E-state index contributed by atoms with van der Waals surface area (Å²) in [6.45, 7) is 1.69. The van der Waals surface area contributed by atoms with E-state index in [2.05, 4.69) is 0 Å². The lowest BCUT2D eigenvalue weighted by Crippen LogP contribution is -2.40. The number of nitriles is 1. The molecule has 21 heavy (non-hydrogen) atoms. The van der Waals surface area contributed by atoms with Crippen molar-refractivity contribution in [2.45, 2.75) is 12.7 Å². The summed E-state index contributed by atoms with van der Waals surface area (Å²) in [5.74, 6) is -0.570. The van der Waals surface area contributed by atoms with E-state index in [1.807, 2.05) is 6.07 Å². The second-order valence-electron chi connectivity index (χ2n) is 4.74. The van der Waals surface area contributed by atoms with Gasteiger partial charge in [-0.2, -0.15) is 9.57 Å². The maximum atomic E-state index is 12.4. The van der Waals surface area contributed by atoms with Crippen LogP contribution in [0.5, 0.6) is 0 Å². The zero-order valence-electron chi connectivity index (χ0n) is 12.4. The number of hydrogen-bond donors (Lipinski definition) is 0. The van der Waals surface area contributed by atoms with E-state index >= 15 is 0 Å². The molecular weight excluding hydrogens is 290 g/mol. The van der Waals surface area contributed by atoms with Crippen molar-refractivity contribution >= 4 is 15.9 Å². The minimum absolute atomic E-state index is 0.194. The van der Waals surface area contributed by atoms with Crippen molar-refractivity contribution in [3.63, 3.8) is 0 Å². The monoisotopic (exact) mass is 309 g/mol. The normalized spacial score (nSPS) is 11.2. The average molecular weight is 309 g/mol. The number of benzene rings is 1. The van der Waals surface area contributed by atoms with Crippen LogP contribution >= 0.6 is 0 Å². The summed E-state index contributed by atoms with van der Waals surface area (Å²) in [7, 11) is -0.498. The molecule has 0 heterocycles. The van der Waals surface area contributed by atoms with Crippen molar-refractivity contribution in [1.29, 1.82) is 5.26 Å². The first-order chi connectivity index (χ1) is 9.81. The zero-order chi connectivity index (χ0) is 16.0. The van der Waals surface area contributed by atoms with Gasteiger partial charge in [-0.15, -0.1) is 0 Å². The Kier molecular flexibility index (Phi) is 5.88. The average Bonchev–Trinajstić information content (AvgIpc) is 2.44. The van der Waals surface area contributed by atoms with Gasteiger partial charge < -0.3 is 4.90 Å². The van der Waals surface area contributed by atoms with Gasteiger partial charge in [0.2, 0.25) is 15.9 Å². The fourth-order valence-corrected chi connectivity index (χ4v) is 3.27. The molecule has 114 valence electrons. The largest absolute Gasteiger partial charge is 0.348 e. The van der Waals surface area contributed by atoms with E-state index in [1.54, 1.807) is 45.3 Å². The Bertz CT molecular complexity index is 648. The Hall–Kier alpha value is -1.91. The smallest absolute Gasteiger partial charge is 0.237 e. The Morgan fingerprint density at radius 1 is 1.29 bits per heavy atom. The van der Waals surface area contributed by atoms with Gasteiger partial charge in [0, 0.05) is 20.6 Å². The number of carbonyl (C=O) groups is 1. The van der Waals surface area contributed by atoms with Gasteiger partial charge in [-0.3, -0.25) is 4.79 Å². The molecule has 0 aromatic heterocycles. The first-order valence-corrected chi connectivity index (χ1v) is 8.08. The standard InChI is InChI=1S/C14H19N3O3S/c1-4-17(10-14(18)16(2)3)21(19,20)11-13-8-6-5-7-12(13)9-15/h5-8H,4,10-11H2,1-3H3. The van der Waals surface area contributed by atoms with Crippen LogP contribution in [0.15, 0.2) is 24.3 Å². The molecule has 0 aliphatic heterocycles. The van der Waals surface area contributed by atoms with E-state index in [0.29, 0.717) is 11.1 Å². The summed E-state index contributed by atoms with van der Waals surface area (Å²) < 4.78 is 25.9. The van der Waals surface area contributed by atoms with Crippen molar-refractivity contribution < 1.29 is 13.2 Å². The molecule has 0 saturated carbocycles. The van der Waals surface area contributed by atoms with Gasteiger partial charge in [-0.25, -0.2) is 8.42 Å². The molecule has 0 aliphatic carbocycles. The highest BCUT2D eigenvalue weighted by Crippen LogP contribution is 2.14. The van der Waals surface area contributed by atoms with Crippen LogP contribution < -0.4 is 0 Å². The lowest BCUT2D eigenvalue weighted by Gasteiger charge is -2.22. The van der Waals surface area contributed by atoms with Gasteiger partial charge in [0.25, 0.3) is 0 Å². The van der Waals surface area contributed by atoms with Crippen LogP contribution in [0.2, 0.25) is 0 Å². The number of sulfonamides is 1. The zero-order valence-corrected chi connectivity index (χ0v) is 13.2. The highest BCUT2D eigenvalue weighted by Gasteiger charge is 2.25. The number of rotatable bonds is 6. The quantitative estimate of drug-likeness (QED) is 0.778. The molecule has 7 heteroatoms.